The molecular formula is C22H18FN3OS. The standard InChI is InChI=1S/C22H18FN3OS/c1-2-16-20(14-9-11-15(23)12-10-14)21(26-22(27)19-8-5-13-28-19)25-18-7-4-3-6-17(18)24-16/h3-13,20H,2H2,1H3,(H,25,26,27)/t20-/m0/s1. The number of fused-ring (bicyclic) bond motifs is 1. The van der Waals surface area contributed by atoms with E-state index >= 15 is 0 Å². The van der Waals surface area contributed by atoms with Gasteiger partial charge in [-0.1, -0.05) is 37.3 Å². The van der Waals surface area contributed by atoms with E-state index in [1.54, 1.807) is 18.2 Å². The Labute approximate surface area is 166 Å². The van der Waals surface area contributed by atoms with Gasteiger partial charge in [-0.3, -0.25) is 9.79 Å². The molecule has 1 aliphatic heterocycles. The molecule has 4 nitrogen and oxygen atoms in total. The van der Waals surface area contributed by atoms with Crippen LogP contribution < -0.4 is 5.32 Å². The van der Waals surface area contributed by atoms with Crippen LogP contribution in [0.25, 0.3) is 0 Å². The number of nitrogens with zero attached hydrogens (tertiary/aromatic N) is 2. The van der Waals surface area contributed by atoms with Crippen molar-refractivity contribution >= 4 is 40.2 Å². The molecule has 0 bridgehead atoms. The maximum atomic E-state index is 13.5. The van der Waals surface area contributed by atoms with Crippen LogP contribution in [0.4, 0.5) is 15.8 Å². The summed E-state index contributed by atoms with van der Waals surface area (Å²) in [7, 11) is 0. The molecule has 0 spiro atoms. The Hall–Kier alpha value is -3.12. The molecule has 28 heavy (non-hydrogen) atoms. The zero-order chi connectivity index (χ0) is 19.5. The van der Waals surface area contributed by atoms with Crippen molar-refractivity contribution in [2.75, 3.05) is 0 Å². The Kier molecular flexibility index (Phi) is 5.12. The van der Waals surface area contributed by atoms with Gasteiger partial charge in [0.15, 0.2) is 0 Å². The van der Waals surface area contributed by atoms with Crippen LogP contribution in [-0.4, -0.2) is 17.5 Å². The minimum atomic E-state index is -0.359. The summed E-state index contributed by atoms with van der Waals surface area (Å²) in [6, 6.07) is 17.4. The van der Waals surface area contributed by atoms with E-state index in [-0.39, 0.29) is 17.6 Å². The number of hydrogen-bond donors (Lipinski definition) is 1. The maximum absolute atomic E-state index is 13.5. The minimum Gasteiger partial charge on any atom is -0.309 e. The van der Waals surface area contributed by atoms with Crippen molar-refractivity contribution in [3.63, 3.8) is 0 Å². The molecule has 6 heteroatoms. The summed E-state index contributed by atoms with van der Waals surface area (Å²) in [6.07, 6.45) is 0.671. The predicted molar refractivity (Wildman–Crippen MR) is 112 cm³/mol. The fourth-order valence-electron chi connectivity index (χ4n) is 3.20. The van der Waals surface area contributed by atoms with E-state index in [0.29, 0.717) is 22.8 Å². The molecule has 0 radical (unpaired) electrons. The molecule has 0 unspecified atom stereocenters. The number of para-hydroxylation sites is 2. The summed E-state index contributed by atoms with van der Waals surface area (Å²) < 4.78 is 13.5. The molecule has 0 fully saturated rings. The molecule has 140 valence electrons. The van der Waals surface area contributed by atoms with E-state index in [1.807, 2.05) is 42.6 Å². The fourth-order valence-corrected chi connectivity index (χ4v) is 3.82. The highest BCUT2D eigenvalue weighted by Gasteiger charge is 2.28. The lowest BCUT2D eigenvalue weighted by Crippen LogP contribution is -2.37. The molecular weight excluding hydrogens is 373 g/mol. The smallest absolute Gasteiger partial charge is 0.266 e. The highest BCUT2D eigenvalue weighted by Crippen LogP contribution is 2.35. The average Bonchev–Trinajstić information content (AvgIpc) is 3.20. The van der Waals surface area contributed by atoms with Crippen LogP contribution in [0.1, 0.15) is 34.5 Å². The molecule has 1 atom stereocenters. The van der Waals surface area contributed by atoms with Gasteiger partial charge >= 0.3 is 0 Å². The van der Waals surface area contributed by atoms with Crippen molar-refractivity contribution in [3.05, 3.63) is 82.3 Å². The zero-order valence-electron chi connectivity index (χ0n) is 15.2. The first-order chi connectivity index (χ1) is 13.7. The Bertz CT molecular complexity index is 1060. The number of carbonyl (C=O) groups excluding carboxylic acids is 1. The van der Waals surface area contributed by atoms with Gasteiger partial charge in [-0.05, 0) is 47.7 Å². The van der Waals surface area contributed by atoms with Gasteiger partial charge in [0.25, 0.3) is 5.91 Å². The molecule has 3 aromatic rings. The Balaban J connectivity index is 1.83. The van der Waals surface area contributed by atoms with Crippen molar-refractivity contribution < 1.29 is 9.18 Å². The molecule has 2 heterocycles. The van der Waals surface area contributed by atoms with Crippen LogP contribution in [0, 0.1) is 5.82 Å². The number of hydrogen-bond acceptors (Lipinski definition) is 4. The molecule has 1 N–H and O–H groups in total. The van der Waals surface area contributed by atoms with Crippen molar-refractivity contribution in [2.45, 2.75) is 19.3 Å². The van der Waals surface area contributed by atoms with Crippen LogP contribution >= 0.6 is 11.3 Å². The molecule has 0 saturated heterocycles. The minimum absolute atomic E-state index is 0.212. The van der Waals surface area contributed by atoms with Crippen LogP contribution in [0.5, 0.6) is 0 Å². The topological polar surface area (TPSA) is 53.8 Å². The van der Waals surface area contributed by atoms with Gasteiger partial charge in [0.1, 0.15) is 11.7 Å². The van der Waals surface area contributed by atoms with Gasteiger partial charge in [0.05, 0.1) is 22.2 Å². The van der Waals surface area contributed by atoms with Crippen LogP contribution in [-0.2, 0) is 0 Å². The van der Waals surface area contributed by atoms with Gasteiger partial charge in [0, 0.05) is 5.71 Å². The summed E-state index contributed by atoms with van der Waals surface area (Å²) in [5.41, 5.74) is 3.15. The lowest BCUT2D eigenvalue weighted by Gasteiger charge is -2.20. The number of amidine groups is 1. The maximum Gasteiger partial charge on any atom is 0.266 e. The first-order valence-corrected chi connectivity index (χ1v) is 9.89. The number of carbonyl (C=O) groups is 1. The molecule has 2 aromatic carbocycles. The van der Waals surface area contributed by atoms with Gasteiger partial charge in [-0.15, -0.1) is 11.3 Å². The lowest BCUT2D eigenvalue weighted by atomic mass is 9.91. The van der Waals surface area contributed by atoms with Gasteiger partial charge in [-0.2, -0.15) is 0 Å². The van der Waals surface area contributed by atoms with Crippen molar-refractivity contribution in [1.82, 2.24) is 5.32 Å². The van der Waals surface area contributed by atoms with Gasteiger partial charge in [0.2, 0.25) is 0 Å². The monoisotopic (exact) mass is 391 g/mol. The summed E-state index contributed by atoms with van der Waals surface area (Å²) in [6.45, 7) is 2.02. The average molecular weight is 391 g/mol. The second-order valence-electron chi connectivity index (χ2n) is 6.36. The highest BCUT2D eigenvalue weighted by atomic mass is 32.1. The van der Waals surface area contributed by atoms with Crippen LogP contribution in [0.2, 0.25) is 0 Å². The van der Waals surface area contributed by atoms with E-state index in [4.69, 9.17) is 9.98 Å². The SMILES string of the molecule is CCC1=Nc2ccccc2N=C(NC(=O)c2cccs2)[C@H]1c1ccc(F)cc1. The Morgan fingerprint density at radius 1 is 1.04 bits per heavy atom. The summed E-state index contributed by atoms with van der Waals surface area (Å²) in [4.78, 5) is 22.9. The lowest BCUT2D eigenvalue weighted by molar-refractivity contribution is 0.0980. The third-order valence-electron chi connectivity index (χ3n) is 4.55. The molecule has 0 aliphatic carbocycles. The van der Waals surface area contributed by atoms with Crippen molar-refractivity contribution in [1.29, 1.82) is 0 Å². The number of nitrogens with one attached hydrogen (secondary N) is 1. The highest BCUT2D eigenvalue weighted by molar-refractivity contribution is 7.12. The number of thiophene rings is 1. The third-order valence-corrected chi connectivity index (χ3v) is 5.41. The first-order valence-electron chi connectivity index (χ1n) is 9.01. The van der Waals surface area contributed by atoms with Gasteiger partial charge < -0.3 is 5.32 Å². The molecule has 4 rings (SSSR count). The van der Waals surface area contributed by atoms with E-state index in [0.717, 1.165) is 17.0 Å². The molecule has 1 amide bonds. The normalized spacial score (nSPS) is 15.9. The summed E-state index contributed by atoms with van der Waals surface area (Å²) in [5.74, 6) is -0.384. The zero-order valence-corrected chi connectivity index (χ0v) is 16.0. The van der Waals surface area contributed by atoms with Crippen LogP contribution in [0.3, 0.4) is 0 Å². The Morgan fingerprint density at radius 3 is 2.39 bits per heavy atom. The van der Waals surface area contributed by atoms with E-state index in [2.05, 4.69) is 5.32 Å². The summed E-state index contributed by atoms with van der Waals surface area (Å²) >= 11 is 1.37. The van der Waals surface area contributed by atoms with E-state index in [9.17, 15) is 9.18 Å². The van der Waals surface area contributed by atoms with Gasteiger partial charge in [-0.25, -0.2) is 9.38 Å². The fraction of sp³-hybridized carbons (Fsp3) is 0.136. The second-order valence-corrected chi connectivity index (χ2v) is 7.31. The number of rotatable bonds is 3. The van der Waals surface area contributed by atoms with Crippen molar-refractivity contribution in [3.8, 4) is 0 Å². The van der Waals surface area contributed by atoms with E-state index in [1.165, 1.54) is 23.5 Å². The number of halogens is 1. The number of amides is 1. The third kappa shape index (κ3) is 3.64. The molecule has 1 aromatic heterocycles. The predicted octanol–water partition coefficient (Wildman–Crippen LogP) is 5.63. The largest absolute Gasteiger partial charge is 0.309 e. The molecule has 1 aliphatic rings. The second kappa shape index (κ2) is 7.86. The summed E-state index contributed by atoms with van der Waals surface area (Å²) in [5, 5.41) is 4.83. The number of aliphatic imine (C=N–C) groups is 2. The van der Waals surface area contributed by atoms with E-state index < -0.39 is 0 Å². The van der Waals surface area contributed by atoms with Crippen LogP contribution in [0.15, 0.2) is 76.0 Å². The first kappa shape index (κ1) is 18.3. The molecule has 0 saturated carbocycles. The Morgan fingerprint density at radius 2 is 1.75 bits per heavy atom. The number of benzene rings is 2. The van der Waals surface area contributed by atoms with Crippen molar-refractivity contribution in [2.24, 2.45) is 9.98 Å². The quantitative estimate of drug-likeness (QED) is 0.618.